The zero-order valence-electron chi connectivity index (χ0n) is 17.9. The molecule has 30 heavy (non-hydrogen) atoms. The summed E-state index contributed by atoms with van der Waals surface area (Å²) in [5.74, 6) is 2.73. The minimum absolute atomic E-state index is 0.190. The highest BCUT2D eigenvalue weighted by molar-refractivity contribution is 6.16. The minimum atomic E-state index is -0.190. The Balaban J connectivity index is 1.82. The second-order valence-electron chi connectivity index (χ2n) is 7.66. The molecule has 2 aromatic carbocycles. The van der Waals surface area contributed by atoms with Gasteiger partial charge in [0.15, 0.2) is 5.76 Å². The molecule has 0 aromatic heterocycles. The summed E-state index contributed by atoms with van der Waals surface area (Å²) in [5.41, 5.74) is 2.20. The Kier molecular flexibility index (Phi) is 5.68. The molecule has 2 aromatic rings. The summed E-state index contributed by atoms with van der Waals surface area (Å²) < 4.78 is 22.8. The summed E-state index contributed by atoms with van der Waals surface area (Å²) in [7, 11) is 6.93. The quantitative estimate of drug-likeness (QED) is 0.692. The zero-order chi connectivity index (χ0) is 21.3. The Bertz CT molecular complexity index is 989. The fraction of sp³-hybridized carbons (Fsp3) is 0.375. The lowest BCUT2D eigenvalue weighted by Gasteiger charge is -2.30. The number of carbonyl (C=O) groups excluding carboxylic acids is 1. The second-order valence-corrected chi connectivity index (χ2v) is 7.66. The average Bonchev–Trinajstić information content (AvgIpc) is 3.09. The number of hydrogen-bond acceptors (Lipinski definition) is 6. The van der Waals surface area contributed by atoms with Crippen LogP contribution in [0.15, 0.2) is 36.1 Å². The summed E-state index contributed by atoms with van der Waals surface area (Å²) in [5, 5.41) is 0. The van der Waals surface area contributed by atoms with Crippen molar-refractivity contribution in [3.8, 4) is 23.0 Å². The van der Waals surface area contributed by atoms with E-state index in [2.05, 4.69) is 11.9 Å². The predicted molar refractivity (Wildman–Crippen MR) is 115 cm³/mol. The van der Waals surface area contributed by atoms with E-state index in [4.69, 9.17) is 18.9 Å². The van der Waals surface area contributed by atoms with Gasteiger partial charge in [-0.15, -0.1) is 0 Å². The lowest BCUT2D eigenvalue weighted by atomic mass is 9.86. The van der Waals surface area contributed by atoms with Crippen LogP contribution in [0.2, 0.25) is 0 Å². The molecule has 2 heterocycles. The fourth-order valence-corrected chi connectivity index (χ4v) is 4.26. The van der Waals surface area contributed by atoms with Crippen LogP contribution in [0, 0.1) is 0 Å². The minimum Gasteiger partial charge on any atom is -0.496 e. The number of carbonyl (C=O) groups is 1. The molecule has 1 fully saturated rings. The molecule has 0 bridgehead atoms. The maximum atomic E-state index is 13.3. The number of ketones is 1. The number of allylic oxidation sites excluding steroid dienone is 1. The molecule has 6 nitrogen and oxygen atoms in total. The lowest BCUT2D eigenvalue weighted by Crippen LogP contribution is -2.29. The molecule has 0 saturated carbocycles. The van der Waals surface area contributed by atoms with Gasteiger partial charge >= 0.3 is 0 Å². The van der Waals surface area contributed by atoms with Crippen molar-refractivity contribution in [2.24, 2.45) is 0 Å². The van der Waals surface area contributed by atoms with Crippen LogP contribution in [-0.2, 0) is 0 Å². The van der Waals surface area contributed by atoms with Crippen LogP contribution in [0.25, 0.3) is 6.08 Å². The molecule has 6 heteroatoms. The number of ether oxygens (including phenoxy) is 4. The molecule has 2 aliphatic heterocycles. The van der Waals surface area contributed by atoms with Gasteiger partial charge in [-0.3, -0.25) is 4.79 Å². The van der Waals surface area contributed by atoms with Crippen molar-refractivity contribution in [2.75, 3.05) is 41.5 Å². The molecule has 0 unspecified atom stereocenters. The number of rotatable bonds is 5. The molecule has 2 aliphatic rings. The van der Waals surface area contributed by atoms with E-state index in [9.17, 15) is 4.79 Å². The van der Waals surface area contributed by atoms with Crippen molar-refractivity contribution in [1.29, 1.82) is 0 Å². The van der Waals surface area contributed by atoms with Crippen molar-refractivity contribution < 1.29 is 23.7 Å². The molecule has 0 spiro atoms. The molecule has 0 atom stereocenters. The Morgan fingerprint density at radius 3 is 2.33 bits per heavy atom. The largest absolute Gasteiger partial charge is 0.496 e. The standard InChI is InChI=1S/C24H27NO5/c1-25-11-9-15(10-12-25)21-18(28-3)14-19(29-4)22-23(26)20(30-24(21)22)13-16-7-5-6-8-17(16)27-2/h5-8,13-15H,9-12H2,1-4H3/b20-13+. The van der Waals surface area contributed by atoms with Crippen molar-refractivity contribution in [3.05, 3.63) is 52.8 Å². The number of nitrogens with zero attached hydrogens (tertiary/aromatic N) is 1. The Morgan fingerprint density at radius 1 is 1.00 bits per heavy atom. The number of benzene rings is 2. The van der Waals surface area contributed by atoms with E-state index in [1.54, 1.807) is 33.5 Å². The number of likely N-dealkylation sites (tertiary alicyclic amines) is 1. The zero-order valence-corrected chi connectivity index (χ0v) is 17.9. The molecule has 4 rings (SSSR count). The number of methoxy groups -OCH3 is 3. The number of hydrogen-bond donors (Lipinski definition) is 0. The van der Waals surface area contributed by atoms with Gasteiger partial charge < -0.3 is 23.8 Å². The van der Waals surface area contributed by atoms with Crippen LogP contribution in [0.5, 0.6) is 23.0 Å². The van der Waals surface area contributed by atoms with Gasteiger partial charge in [-0.05, 0) is 51.0 Å². The number of fused-ring (bicyclic) bond motifs is 1. The molecule has 0 aliphatic carbocycles. The van der Waals surface area contributed by atoms with Gasteiger partial charge in [-0.2, -0.15) is 0 Å². The lowest BCUT2D eigenvalue weighted by molar-refractivity contribution is 0.101. The van der Waals surface area contributed by atoms with E-state index in [1.165, 1.54) is 0 Å². The SMILES string of the molecule is COc1ccccc1/C=C1/Oc2c(c(OC)cc(OC)c2C2CCN(C)CC2)C1=O. The van der Waals surface area contributed by atoms with Crippen LogP contribution < -0.4 is 18.9 Å². The van der Waals surface area contributed by atoms with E-state index >= 15 is 0 Å². The summed E-state index contributed by atoms with van der Waals surface area (Å²) in [6.07, 6.45) is 3.69. The van der Waals surface area contributed by atoms with Gasteiger partial charge in [0, 0.05) is 17.2 Å². The maximum absolute atomic E-state index is 13.3. The normalized spacial score (nSPS) is 18.3. The fourth-order valence-electron chi connectivity index (χ4n) is 4.26. The van der Waals surface area contributed by atoms with Gasteiger partial charge in [0.05, 0.1) is 21.3 Å². The van der Waals surface area contributed by atoms with E-state index in [0.29, 0.717) is 28.6 Å². The van der Waals surface area contributed by atoms with Crippen LogP contribution in [0.1, 0.15) is 40.2 Å². The maximum Gasteiger partial charge on any atom is 0.235 e. The van der Waals surface area contributed by atoms with E-state index in [-0.39, 0.29) is 17.5 Å². The third kappa shape index (κ3) is 3.52. The van der Waals surface area contributed by atoms with Crippen molar-refractivity contribution >= 4 is 11.9 Å². The Morgan fingerprint density at radius 2 is 1.67 bits per heavy atom. The topological polar surface area (TPSA) is 57.2 Å². The number of para-hydroxylation sites is 1. The van der Waals surface area contributed by atoms with Gasteiger partial charge in [0.25, 0.3) is 0 Å². The highest BCUT2D eigenvalue weighted by Gasteiger charge is 2.38. The van der Waals surface area contributed by atoms with Crippen LogP contribution in [-0.4, -0.2) is 52.1 Å². The third-order valence-electron chi connectivity index (χ3n) is 5.90. The first-order valence-corrected chi connectivity index (χ1v) is 10.1. The summed E-state index contributed by atoms with van der Waals surface area (Å²) in [6.45, 7) is 1.99. The highest BCUT2D eigenvalue weighted by Crippen LogP contribution is 2.50. The highest BCUT2D eigenvalue weighted by atomic mass is 16.5. The second kappa shape index (κ2) is 8.40. The third-order valence-corrected chi connectivity index (χ3v) is 5.90. The number of Topliss-reactive ketones (excluding diaryl/α,β-unsaturated/α-hetero) is 1. The molecule has 158 valence electrons. The van der Waals surface area contributed by atoms with Gasteiger partial charge in [-0.1, -0.05) is 18.2 Å². The summed E-state index contributed by atoms with van der Waals surface area (Å²) in [4.78, 5) is 15.6. The van der Waals surface area contributed by atoms with Crippen LogP contribution in [0.4, 0.5) is 0 Å². The average molecular weight is 409 g/mol. The van der Waals surface area contributed by atoms with E-state index < -0.39 is 0 Å². The van der Waals surface area contributed by atoms with E-state index in [0.717, 1.165) is 37.1 Å². The smallest absolute Gasteiger partial charge is 0.235 e. The van der Waals surface area contributed by atoms with Gasteiger partial charge in [0.1, 0.15) is 28.6 Å². The van der Waals surface area contributed by atoms with Crippen molar-refractivity contribution in [2.45, 2.75) is 18.8 Å². The Labute approximate surface area is 177 Å². The summed E-state index contributed by atoms with van der Waals surface area (Å²) >= 11 is 0. The molecular formula is C24H27NO5. The van der Waals surface area contributed by atoms with Crippen LogP contribution in [0.3, 0.4) is 0 Å². The van der Waals surface area contributed by atoms with Crippen molar-refractivity contribution in [3.63, 3.8) is 0 Å². The predicted octanol–water partition coefficient (Wildman–Crippen LogP) is 4.14. The molecule has 1 saturated heterocycles. The molecule has 0 N–H and O–H groups in total. The monoisotopic (exact) mass is 409 g/mol. The number of piperidine rings is 1. The molecule has 0 radical (unpaired) electrons. The van der Waals surface area contributed by atoms with Crippen molar-refractivity contribution in [1.82, 2.24) is 4.90 Å². The first kappa shape index (κ1) is 20.3. The Hall–Kier alpha value is -2.99. The first-order valence-electron chi connectivity index (χ1n) is 10.1. The summed E-state index contributed by atoms with van der Waals surface area (Å²) in [6, 6.07) is 9.33. The molecule has 0 amide bonds. The molecular weight excluding hydrogens is 382 g/mol. The van der Waals surface area contributed by atoms with E-state index in [1.807, 2.05) is 24.3 Å². The van der Waals surface area contributed by atoms with Gasteiger partial charge in [0.2, 0.25) is 5.78 Å². The first-order chi connectivity index (χ1) is 14.6. The van der Waals surface area contributed by atoms with Crippen LogP contribution >= 0.6 is 0 Å². The van der Waals surface area contributed by atoms with Gasteiger partial charge in [-0.25, -0.2) is 0 Å².